The number of H-pyrrole nitrogens is 1. The Bertz CT molecular complexity index is 2280. The number of carbonyl (C=O) groups is 1. The van der Waals surface area contributed by atoms with Crippen molar-refractivity contribution in [2.75, 3.05) is 43.5 Å². The fourth-order valence-electron chi connectivity index (χ4n) is 5.92. The second-order valence-electron chi connectivity index (χ2n) is 11.6. The van der Waals surface area contributed by atoms with Gasteiger partial charge in [0.05, 0.1) is 41.8 Å². The van der Waals surface area contributed by atoms with Crippen molar-refractivity contribution in [1.29, 1.82) is 0 Å². The van der Waals surface area contributed by atoms with Crippen LogP contribution in [0.15, 0.2) is 90.0 Å². The first kappa shape index (κ1) is 32.2. The van der Waals surface area contributed by atoms with Crippen molar-refractivity contribution in [3.05, 3.63) is 130 Å². The van der Waals surface area contributed by atoms with Gasteiger partial charge in [-0.25, -0.2) is 33.2 Å². The molecule has 2 N–H and O–H groups in total. The van der Waals surface area contributed by atoms with Crippen LogP contribution in [-0.2, 0) is 6.42 Å². The fraction of sp³-hybridized carbons (Fsp3) is 0.167. The van der Waals surface area contributed by atoms with E-state index in [0.717, 1.165) is 18.0 Å². The van der Waals surface area contributed by atoms with E-state index in [1.54, 1.807) is 41.4 Å². The first-order chi connectivity index (χ1) is 24.3. The molecule has 252 valence electrons. The van der Waals surface area contributed by atoms with Gasteiger partial charge in [0, 0.05) is 49.6 Å². The van der Waals surface area contributed by atoms with Crippen molar-refractivity contribution in [3.8, 4) is 17.0 Å². The summed E-state index contributed by atoms with van der Waals surface area (Å²) in [5.74, 6) is -1.62. The molecule has 0 saturated carbocycles. The number of aromatic amines is 1. The van der Waals surface area contributed by atoms with Crippen LogP contribution in [0.1, 0.15) is 21.6 Å². The summed E-state index contributed by atoms with van der Waals surface area (Å²) >= 11 is 0. The molecule has 1 aliphatic heterocycles. The molecule has 0 unspecified atom stereocenters. The highest BCUT2D eigenvalue weighted by Crippen LogP contribution is 2.32. The molecule has 4 heterocycles. The number of carbonyl (C=O) groups excluding carboxylic acids is 1. The van der Waals surface area contributed by atoms with E-state index in [2.05, 4.69) is 35.4 Å². The summed E-state index contributed by atoms with van der Waals surface area (Å²) in [4.78, 5) is 42.0. The third kappa shape index (κ3) is 6.55. The molecule has 1 aliphatic rings. The normalized spacial score (nSPS) is 13.0. The monoisotopic (exact) mass is 678 g/mol. The van der Waals surface area contributed by atoms with E-state index >= 15 is 0 Å². The average molecular weight is 679 g/mol. The number of halogens is 3. The quantitative estimate of drug-likeness (QED) is 0.215. The van der Waals surface area contributed by atoms with E-state index in [1.807, 2.05) is 18.2 Å². The van der Waals surface area contributed by atoms with Gasteiger partial charge in [-0.15, -0.1) is 0 Å². The van der Waals surface area contributed by atoms with Gasteiger partial charge in [-0.05, 0) is 48.0 Å². The zero-order valence-electron chi connectivity index (χ0n) is 26.7. The molecule has 6 aromatic rings. The molecule has 14 heteroatoms. The van der Waals surface area contributed by atoms with Crippen molar-refractivity contribution in [1.82, 2.24) is 30.0 Å². The minimum atomic E-state index is -0.700. The van der Waals surface area contributed by atoms with E-state index in [1.165, 1.54) is 25.3 Å². The Kier molecular flexibility index (Phi) is 8.81. The molecule has 0 radical (unpaired) electrons. The van der Waals surface area contributed by atoms with Crippen LogP contribution < -0.4 is 20.5 Å². The summed E-state index contributed by atoms with van der Waals surface area (Å²) in [7, 11) is 1.36. The van der Waals surface area contributed by atoms with Gasteiger partial charge < -0.3 is 19.9 Å². The Morgan fingerprint density at radius 1 is 0.900 bits per heavy atom. The highest BCUT2D eigenvalue weighted by atomic mass is 19.1. The number of amides is 1. The summed E-state index contributed by atoms with van der Waals surface area (Å²) in [6.07, 6.45) is 2.97. The van der Waals surface area contributed by atoms with Crippen LogP contribution in [0.2, 0.25) is 0 Å². The molecule has 1 amide bonds. The molecule has 0 spiro atoms. The number of ether oxygens (including phenoxy) is 1. The lowest BCUT2D eigenvalue weighted by Crippen LogP contribution is -2.49. The summed E-state index contributed by atoms with van der Waals surface area (Å²) in [5.41, 5.74) is 2.02. The predicted octanol–water partition coefficient (Wildman–Crippen LogP) is 5.50. The number of aromatic nitrogens is 5. The SMILES string of the molecule is COc1cc(F)ccc1-c1nc(Nc2ccc(N3CCN(C(=O)c4cc(Cc5n[nH]c(=O)c6ccccc56)ccc4F)CC3)cn2)ncc1F. The van der Waals surface area contributed by atoms with E-state index in [-0.39, 0.29) is 34.1 Å². The number of piperazine rings is 1. The van der Waals surface area contributed by atoms with Crippen molar-refractivity contribution in [2.45, 2.75) is 6.42 Å². The number of nitrogens with one attached hydrogen (secondary N) is 2. The van der Waals surface area contributed by atoms with E-state index in [0.29, 0.717) is 60.4 Å². The van der Waals surface area contributed by atoms with Crippen LogP contribution in [0.25, 0.3) is 22.0 Å². The van der Waals surface area contributed by atoms with Crippen molar-refractivity contribution < 1.29 is 22.7 Å². The summed E-state index contributed by atoms with van der Waals surface area (Å²) in [6, 6.07) is 18.9. The minimum absolute atomic E-state index is 0.0224. The summed E-state index contributed by atoms with van der Waals surface area (Å²) < 4.78 is 48.5. The number of fused-ring (bicyclic) bond motifs is 1. The smallest absolute Gasteiger partial charge is 0.272 e. The van der Waals surface area contributed by atoms with E-state index < -0.39 is 23.4 Å². The highest BCUT2D eigenvalue weighted by Gasteiger charge is 2.25. The molecule has 1 fully saturated rings. The largest absolute Gasteiger partial charge is 0.496 e. The molecule has 7 rings (SSSR count). The zero-order chi connectivity index (χ0) is 34.8. The van der Waals surface area contributed by atoms with Gasteiger partial charge in [0.1, 0.15) is 28.9 Å². The predicted molar refractivity (Wildman–Crippen MR) is 181 cm³/mol. The molecular weight excluding hydrogens is 649 g/mol. The lowest BCUT2D eigenvalue weighted by atomic mass is 10.0. The number of hydrogen-bond donors (Lipinski definition) is 2. The van der Waals surface area contributed by atoms with Gasteiger partial charge in [-0.3, -0.25) is 9.59 Å². The summed E-state index contributed by atoms with van der Waals surface area (Å²) in [6.45, 7) is 1.73. The van der Waals surface area contributed by atoms with Gasteiger partial charge in [0.2, 0.25) is 5.95 Å². The Hall–Kier alpha value is -6.31. The van der Waals surface area contributed by atoms with Crippen LogP contribution in [0.3, 0.4) is 0 Å². The maximum atomic E-state index is 15.0. The Balaban J connectivity index is 0.994. The van der Waals surface area contributed by atoms with E-state index in [9.17, 15) is 22.8 Å². The number of anilines is 3. The Morgan fingerprint density at radius 3 is 2.46 bits per heavy atom. The minimum Gasteiger partial charge on any atom is -0.496 e. The second-order valence-corrected chi connectivity index (χ2v) is 11.6. The molecule has 3 aromatic heterocycles. The van der Waals surface area contributed by atoms with Gasteiger partial charge in [0.15, 0.2) is 5.82 Å². The fourth-order valence-corrected chi connectivity index (χ4v) is 5.92. The van der Waals surface area contributed by atoms with Crippen molar-refractivity contribution >= 4 is 34.1 Å². The standard InChI is InChI=1S/C36H29F3N8O3/c1-50-31-18-22(37)7-9-26(31)33-29(39)20-41-36(43-33)42-32-11-8-23(19-40-32)46-12-14-47(15-13-46)35(49)27-16-21(6-10-28(27)38)17-30-24-4-2-3-5-25(24)34(48)45-44-30/h2-11,16,18-20H,12-15,17H2,1H3,(H,45,48)(H,40,41,42,43). The third-order valence-electron chi connectivity index (χ3n) is 8.49. The van der Waals surface area contributed by atoms with Gasteiger partial charge in [-0.1, -0.05) is 24.3 Å². The summed E-state index contributed by atoms with van der Waals surface area (Å²) in [5, 5.41) is 10.9. The molecule has 0 bridgehead atoms. The number of hydrogen-bond acceptors (Lipinski definition) is 9. The highest BCUT2D eigenvalue weighted by molar-refractivity contribution is 5.95. The molecule has 50 heavy (non-hydrogen) atoms. The Labute approximate surface area is 283 Å². The second kappa shape index (κ2) is 13.7. The van der Waals surface area contributed by atoms with Crippen molar-refractivity contribution in [2.24, 2.45) is 0 Å². The van der Waals surface area contributed by atoms with Crippen molar-refractivity contribution in [3.63, 3.8) is 0 Å². The van der Waals surface area contributed by atoms with Gasteiger partial charge in [-0.2, -0.15) is 5.10 Å². The molecule has 0 aliphatic carbocycles. The molecule has 11 nitrogen and oxygen atoms in total. The average Bonchev–Trinajstić information content (AvgIpc) is 3.14. The number of methoxy groups -OCH3 is 1. The van der Waals surface area contributed by atoms with Crippen LogP contribution in [-0.4, -0.2) is 69.2 Å². The van der Waals surface area contributed by atoms with Crippen LogP contribution in [0.4, 0.5) is 30.6 Å². The Morgan fingerprint density at radius 2 is 1.70 bits per heavy atom. The molecule has 1 saturated heterocycles. The van der Waals surface area contributed by atoms with Gasteiger partial charge >= 0.3 is 0 Å². The number of nitrogens with zero attached hydrogens (tertiary/aromatic N) is 6. The number of rotatable bonds is 8. The van der Waals surface area contributed by atoms with Crippen LogP contribution in [0.5, 0.6) is 5.75 Å². The van der Waals surface area contributed by atoms with Gasteiger partial charge in [0.25, 0.3) is 11.5 Å². The lowest BCUT2D eigenvalue weighted by molar-refractivity contribution is 0.0742. The lowest BCUT2D eigenvalue weighted by Gasteiger charge is -2.36. The maximum absolute atomic E-state index is 15.0. The topological polar surface area (TPSA) is 129 Å². The molecule has 3 aromatic carbocycles. The maximum Gasteiger partial charge on any atom is 0.272 e. The number of benzene rings is 3. The first-order valence-electron chi connectivity index (χ1n) is 15.7. The zero-order valence-corrected chi connectivity index (χ0v) is 26.7. The van der Waals surface area contributed by atoms with Crippen LogP contribution in [0, 0.1) is 17.5 Å². The first-order valence-corrected chi connectivity index (χ1v) is 15.7. The van der Waals surface area contributed by atoms with Crippen LogP contribution >= 0.6 is 0 Å². The molecule has 0 atom stereocenters. The molecular formula is C36H29F3N8O3. The number of pyridine rings is 1. The van der Waals surface area contributed by atoms with E-state index in [4.69, 9.17) is 4.74 Å². The third-order valence-corrected chi connectivity index (χ3v) is 8.49.